The number of carbonyl (C=O) groups is 1. The van der Waals surface area contributed by atoms with E-state index in [-0.39, 0.29) is 5.56 Å². The van der Waals surface area contributed by atoms with E-state index in [0.717, 1.165) is 23.9 Å². The van der Waals surface area contributed by atoms with Crippen LogP contribution in [-0.4, -0.2) is 35.9 Å². The molecule has 6 nitrogen and oxygen atoms in total. The number of anilines is 1. The molecule has 0 spiro atoms. The van der Waals surface area contributed by atoms with Crippen LogP contribution in [0.25, 0.3) is 0 Å². The Labute approximate surface area is 139 Å². The molecule has 1 aromatic heterocycles. The minimum atomic E-state index is -3.17. The van der Waals surface area contributed by atoms with E-state index in [0.29, 0.717) is 25.1 Å². The van der Waals surface area contributed by atoms with Crippen molar-refractivity contribution < 1.29 is 31.8 Å². The average molecular weight is 359 g/mol. The van der Waals surface area contributed by atoms with Crippen LogP contribution >= 0.6 is 0 Å². The molecule has 1 aliphatic heterocycles. The van der Waals surface area contributed by atoms with Crippen molar-refractivity contribution in [1.29, 1.82) is 0 Å². The minimum absolute atomic E-state index is 0.108. The van der Waals surface area contributed by atoms with E-state index in [2.05, 4.69) is 19.7 Å². The molecule has 25 heavy (non-hydrogen) atoms. The molecule has 1 aliphatic rings. The zero-order valence-corrected chi connectivity index (χ0v) is 12.7. The molecule has 0 saturated heterocycles. The van der Waals surface area contributed by atoms with Gasteiger partial charge in [0.25, 0.3) is 5.91 Å². The summed E-state index contributed by atoms with van der Waals surface area (Å²) in [5.74, 6) is -1.44. The Morgan fingerprint density at radius 2 is 1.76 bits per heavy atom. The predicted octanol–water partition coefficient (Wildman–Crippen LogP) is 3.21. The van der Waals surface area contributed by atoms with Gasteiger partial charge in [-0.1, -0.05) is 0 Å². The predicted molar refractivity (Wildman–Crippen MR) is 78.3 cm³/mol. The molecule has 0 radical (unpaired) electrons. The summed E-state index contributed by atoms with van der Waals surface area (Å²) in [6, 6.07) is 2.98. The van der Waals surface area contributed by atoms with Gasteiger partial charge in [-0.2, -0.15) is 22.7 Å². The average Bonchev–Trinajstić information content (AvgIpc) is 3.01. The number of aromatic amines is 1. The number of benzene rings is 1. The first-order chi connectivity index (χ1) is 11.9. The lowest BCUT2D eigenvalue weighted by atomic mass is 10.1. The van der Waals surface area contributed by atoms with Gasteiger partial charge in [-0.3, -0.25) is 9.89 Å². The first-order valence-corrected chi connectivity index (χ1v) is 7.33. The molecule has 0 bridgehead atoms. The summed E-state index contributed by atoms with van der Waals surface area (Å²) in [5.41, 5.74) is 1.22. The van der Waals surface area contributed by atoms with Gasteiger partial charge in [-0.05, 0) is 25.0 Å². The van der Waals surface area contributed by atoms with Crippen LogP contribution in [-0.2, 0) is 6.42 Å². The number of fused-ring (bicyclic) bond motifs is 1. The van der Waals surface area contributed by atoms with Crippen molar-refractivity contribution in [2.45, 2.75) is 26.1 Å². The fourth-order valence-corrected chi connectivity index (χ4v) is 2.66. The number of rotatable bonds is 5. The second-order valence-corrected chi connectivity index (χ2v) is 5.24. The summed E-state index contributed by atoms with van der Waals surface area (Å²) >= 11 is 0. The Balaban J connectivity index is 1.94. The van der Waals surface area contributed by atoms with Gasteiger partial charge in [0.2, 0.25) is 0 Å². The highest BCUT2D eigenvalue weighted by atomic mass is 19.3. The van der Waals surface area contributed by atoms with Crippen LogP contribution < -0.4 is 14.4 Å². The fraction of sp³-hybridized carbons (Fsp3) is 0.333. The molecule has 1 N–H and O–H groups in total. The highest BCUT2D eigenvalue weighted by Crippen LogP contribution is 2.30. The number of halogens is 4. The van der Waals surface area contributed by atoms with Crippen molar-refractivity contribution >= 4 is 11.6 Å². The quantitative estimate of drug-likeness (QED) is 0.833. The molecule has 0 aliphatic carbocycles. The summed E-state index contributed by atoms with van der Waals surface area (Å²) in [4.78, 5) is 14.1. The van der Waals surface area contributed by atoms with Crippen LogP contribution in [0, 0.1) is 0 Å². The van der Waals surface area contributed by atoms with Crippen molar-refractivity contribution in [3.8, 4) is 11.5 Å². The van der Waals surface area contributed by atoms with E-state index in [9.17, 15) is 22.4 Å². The molecule has 3 rings (SSSR count). The number of ether oxygens (including phenoxy) is 2. The van der Waals surface area contributed by atoms with Crippen molar-refractivity contribution in [3.05, 3.63) is 35.7 Å². The molecule has 0 saturated carbocycles. The lowest BCUT2D eigenvalue weighted by Gasteiger charge is -2.26. The van der Waals surface area contributed by atoms with Gasteiger partial charge in [-0.25, -0.2) is 0 Å². The summed E-state index contributed by atoms with van der Waals surface area (Å²) in [7, 11) is 0. The molecule has 10 heteroatoms. The van der Waals surface area contributed by atoms with Gasteiger partial charge in [0, 0.05) is 18.2 Å². The minimum Gasteiger partial charge on any atom is -0.435 e. The van der Waals surface area contributed by atoms with Gasteiger partial charge in [-0.15, -0.1) is 0 Å². The van der Waals surface area contributed by atoms with Crippen LogP contribution in [0.1, 0.15) is 22.5 Å². The Bertz CT molecular complexity index is 738. The van der Waals surface area contributed by atoms with Crippen LogP contribution in [0.4, 0.5) is 23.2 Å². The zero-order valence-electron chi connectivity index (χ0n) is 12.7. The molecule has 0 unspecified atom stereocenters. The molecule has 0 fully saturated rings. The maximum absolute atomic E-state index is 12.7. The number of H-pyrrole nitrogens is 1. The Hall–Kier alpha value is -2.78. The molecule has 2 aromatic rings. The summed E-state index contributed by atoms with van der Waals surface area (Å²) < 4.78 is 58.2. The largest absolute Gasteiger partial charge is 0.435 e. The number of carbonyl (C=O) groups excluding carboxylic acids is 1. The fourth-order valence-electron chi connectivity index (χ4n) is 2.66. The topological polar surface area (TPSA) is 67.5 Å². The molecular weight excluding hydrogens is 346 g/mol. The third kappa shape index (κ3) is 3.83. The highest BCUT2D eigenvalue weighted by molar-refractivity contribution is 6.07. The summed E-state index contributed by atoms with van der Waals surface area (Å²) in [6.45, 7) is -5.95. The third-order valence-corrected chi connectivity index (χ3v) is 3.62. The normalized spacial score (nSPS) is 13.9. The smallest absolute Gasteiger partial charge is 0.387 e. The number of alkyl halides is 4. The lowest BCUT2D eigenvalue weighted by molar-refractivity contribution is -0.0543. The first kappa shape index (κ1) is 17.1. The summed E-state index contributed by atoms with van der Waals surface area (Å²) in [5, 5.41) is 6.65. The summed E-state index contributed by atoms with van der Waals surface area (Å²) in [6.07, 6.45) is 2.87. The molecule has 1 amide bonds. The Kier molecular flexibility index (Phi) is 4.77. The number of amides is 1. The van der Waals surface area contributed by atoms with E-state index < -0.39 is 30.6 Å². The number of aryl methyl sites for hydroxylation is 1. The number of aromatic nitrogens is 2. The van der Waals surface area contributed by atoms with E-state index in [4.69, 9.17) is 0 Å². The number of nitrogens with zero attached hydrogens (tertiary/aromatic N) is 2. The van der Waals surface area contributed by atoms with E-state index in [1.54, 1.807) is 0 Å². The van der Waals surface area contributed by atoms with Gasteiger partial charge >= 0.3 is 13.2 Å². The zero-order chi connectivity index (χ0) is 18.0. The second kappa shape index (κ2) is 6.99. The lowest BCUT2D eigenvalue weighted by Crippen LogP contribution is -2.35. The number of hydrogen-bond acceptors (Lipinski definition) is 4. The Morgan fingerprint density at radius 3 is 2.36 bits per heavy atom. The molecule has 0 atom stereocenters. The Morgan fingerprint density at radius 1 is 1.12 bits per heavy atom. The van der Waals surface area contributed by atoms with Gasteiger partial charge in [0.1, 0.15) is 11.5 Å². The van der Waals surface area contributed by atoms with Crippen LogP contribution in [0.2, 0.25) is 0 Å². The first-order valence-electron chi connectivity index (χ1n) is 7.33. The monoisotopic (exact) mass is 359 g/mol. The maximum Gasteiger partial charge on any atom is 0.387 e. The molecule has 2 heterocycles. The maximum atomic E-state index is 12.7. The van der Waals surface area contributed by atoms with E-state index in [1.165, 1.54) is 11.1 Å². The van der Waals surface area contributed by atoms with E-state index in [1.807, 2.05) is 0 Å². The van der Waals surface area contributed by atoms with Crippen LogP contribution in [0.15, 0.2) is 24.4 Å². The van der Waals surface area contributed by atoms with Crippen LogP contribution in [0.5, 0.6) is 11.5 Å². The van der Waals surface area contributed by atoms with Gasteiger partial charge in [0.05, 0.1) is 17.6 Å². The van der Waals surface area contributed by atoms with Crippen molar-refractivity contribution in [2.24, 2.45) is 0 Å². The standard InChI is InChI=1S/C15H13F4N3O3/c16-14(17)24-9-4-8(5-10(6-9)25-15(18)19)13(23)22-3-1-2-11-12(22)7-20-21-11/h4-7,14-15H,1-3H2,(H,20,21). The van der Waals surface area contributed by atoms with Crippen molar-refractivity contribution in [2.75, 3.05) is 11.4 Å². The second-order valence-electron chi connectivity index (χ2n) is 5.24. The SMILES string of the molecule is O=C(c1cc(OC(F)F)cc(OC(F)F)c1)N1CCCc2[nH]ncc21. The molecular formula is C15H13F4N3O3. The highest BCUT2D eigenvalue weighted by Gasteiger charge is 2.26. The number of hydrogen-bond donors (Lipinski definition) is 1. The number of nitrogens with one attached hydrogen (secondary N) is 1. The molecule has 134 valence electrons. The van der Waals surface area contributed by atoms with Crippen molar-refractivity contribution in [3.63, 3.8) is 0 Å². The van der Waals surface area contributed by atoms with Gasteiger partial charge in [0.15, 0.2) is 0 Å². The van der Waals surface area contributed by atoms with E-state index >= 15 is 0 Å². The van der Waals surface area contributed by atoms with Crippen molar-refractivity contribution in [1.82, 2.24) is 10.2 Å². The van der Waals surface area contributed by atoms with Crippen LogP contribution in [0.3, 0.4) is 0 Å². The third-order valence-electron chi connectivity index (χ3n) is 3.62. The molecule has 1 aromatic carbocycles. The van der Waals surface area contributed by atoms with Gasteiger partial charge < -0.3 is 14.4 Å².